The van der Waals surface area contributed by atoms with Gasteiger partial charge < -0.3 is 9.84 Å². The number of aromatic nitrogens is 2. The van der Waals surface area contributed by atoms with Crippen LogP contribution in [-0.2, 0) is 16.6 Å². The third-order valence-corrected chi connectivity index (χ3v) is 5.34. The first-order chi connectivity index (χ1) is 14.5. The number of hydrogen-bond donors (Lipinski definition) is 1. The molecule has 2 rings (SSSR count). The van der Waals surface area contributed by atoms with Crippen molar-refractivity contribution in [2.75, 3.05) is 7.11 Å². The van der Waals surface area contributed by atoms with Gasteiger partial charge in [-0.05, 0) is 48.4 Å². The van der Waals surface area contributed by atoms with Gasteiger partial charge in [-0.2, -0.15) is 5.10 Å². The largest absolute Gasteiger partial charge is 0.469 e. The van der Waals surface area contributed by atoms with E-state index >= 15 is 0 Å². The monoisotopic (exact) mass is 412 g/mol. The number of unbranched alkanes of at least 4 members (excludes halogenated alkanes) is 5. The third kappa shape index (κ3) is 7.79. The number of aliphatic hydroxyl groups is 1. The van der Waals surface area contributed by atoms with Crippen LogP contribution in [0.2, 0.25) is 0 Å². The molecule has 164 valence electrons. The van der Waals surface area contributed by atoms with Crippen LogP contribution < -0.4 is 0 Å². The lowest BCUT2D eigenvalue weighted by Crippen LogP contribution is -2.04. The Kier molecular flexibility index (Phi) is 10.4. The predicted octanol–water partition coefficient (Wildman–Crippen LogP) is 5.84. The average molecular weight is 413 g/mol. The van der Waals surface area contributed by atoms with E-state index in [1.807, 2.05) is 31.6 Å². The first-order valence-corrected chi connectivity index (χ1v) is 11.1. The zero-order valence-electron chi connectivity index (χ0n) is 18.6. The van der Waals surface area contributed by atoms with Gasteiger partial charge in [0.05, 0.1) is 19.4 Å². The molecule has 0 bridgehead atoms. The van der Waals surface area contributed by atoms with Crippen molar-refractivity contribution in [3.63, 3.8) is 0 Å². The number of nitrogens with zero attached hydrogens (tertiary/aromatic N) is 2. The maximum Gasteiger partial charge on any atom is 0.305 e. The number of esters is 1. The molecule has 0 spiro atoms. The van der Waals surface area contributed by atoms with E-state index in [0.717, 1.165) is 28.7 Å². The summed E-state index contributed by atoms with van der Waals surface area (Å²) in [5.74, 6) is -0.239. The summed E-state index contributed by atoms with van der Waals surface area (Å²) in [7, 11) is 3.30. The van der Waals surface area contributed by atoms with Gasteiger partial charge in [-0.25, -0.2) is 0 Å². The Balaban J connectivity index is 2.10. The van der Waals surface area contributed by atoms with Gasteiger partial charge in [0.2, 0.25) is 0 Å². The molecule has 0 fully saturated rings. The molecule has 1 unspecified atom stereocenters. The van der Waals surface area contributed by atoms with Gasteiger partial charge >= 0.3 is 5.97 Å². The van der Waals surface area contributed by atoms with Crippen LogP contribution in [0.4, 0.5) is 0 Å². The Morgan fingerprint density at radius 1 is 1.20 bits per heavy atom. The smallest absolute Gasteiger partial charge is 0.305 e. The lowest BCUT2D eigenvalue weighted by atomic mass is 9.94. The number of allylic oxidation sites excluding steroid dienone is 1. The molecule has 5 heteroatoms. The highest BCUT2D eigenvalue weighted by Gasteiger charge is 2.14. The van der Waals surface area contributed by atoms with Crippen LogP contribution in [0.5, 0.6) is 0 Å². The van der Waals surface area contributed by atoms with E-state index in [1.54, 1.807) is 4.68 Å². The third-order valence-electron chi connectivity index (χ3n) is 5.34. The molecule has 0 saturated heterocycles. The Labute approximate surface area is 180 Å². The Morgan fingerprint density at radius 2 is 2.00 bits per heavy atom. The number of rotatable bonds is 13. The molecule has 0 radical (unpaired) electrons. The Hall–Kier alpha value is -2.40. The minimum absolute atomic E-state index is 0.239. The summed E-state index contributed by atoms with van der Waals surface area (Å²) in [5, 5.41) is 15.0. The van der Waals surface area contributed by atoms with Crippen molar-refractivity contribution >= 4 is 12.0 Å². The summed E-state index contributed by atoms with van der Waals surface area (Å²) in [5.41, 5.74) is 4.06. The van der Waals surface area contributed by atoms with Crippen molar-refractivity contribution in [1.82, 2.24) is 9.78 Å². The molecule has 0 aliphatic rings. The van der Waals surface area contributed by atoms with Crippen LogP contribution in [0, 0.1) is 0 Å². The van der Waals surface area contributed by atoms with E-state index in [-0.39, 0.29) is 5.97 Å². The van der Waals surface area contributed by atoms with E-state index in [0.29, 0.717) is 19.3 Å². The molecule has 1 aromatic carbocycles. The van der Waals surface area contributed by atoms with Gasteiger partial charge in [0, 0.05) is 25.2 Å². The van der Waals surface area contributed by atoms with Crippen LogP contribution in [0.3, 0.4) is 0 Å². The maximum atomic E-state index is 11.3. The molecular weight excluding hydrogens is 376 g/mol. The van der Waals surface area contributed by atoms with Crippen molar-refractivity contribution < 1.29 is 14.6 Å². The molecule has 0 saturated carbocycles. The van der Waals surface area contributed by atoms with Crippen LogP contribution in [0.1, 0.15) is 81.9 Å². The number of aryl methyl sites for hydroxylation is 1. The van der Waals surface area contributed by atoms with Gasteiger partial charge in [0.1, 0.15) is 0 Å². The zero-order valence-corrected chi connectivity index (χ0v) is 18.6. The van der Waals surface area contributed by atoms with E-state index in [9.17, 15) is 9.90 Å². The molecule has 1 N–H and O–H groups in total. The van der Waals surface area contributed by atoms with Crippen molar-refractivity contribution in [3.8, 4) is 11.1 Å². The maximum absolute atomic E-state index is 11.3. The minimum Gasteiger partial charge on any atom is -0.469 e. The molecule has 30 heavy (non-hydrogen) atoms. The molecular formula is C25H36N2O3. The summed E-state index contributed by atoms with van der Waals surface area (Å²) in [6.07, 6.45) is 16.4. The van der Waals surface area contributed by atoms with Crippen molar-refractivity contribution in [2.45, 2.75) is 70.8 Å². The highest BCUT2D eigenvalue weighted by Crippen LogP contribution is 2.29. The van der Waals surface area contributed by atoms with E-state index in [1.165, 1.54) is 39.2 Å². The second kappa shape index (κ2) is 13.0. The summed E-state index contributed by atoms with van der Waals surface area (Å²) in [6.45, 7) is 2.23. The lowest BCUT2D eigenvalue weighted by Gasteiger charge is -2.15. The van der Waals surface area contributed by atoms with E-state index in [4.69, 9.17) is 0 Å². The number of ether oxygens (including phenoxy) is 1. The van der Waals surface area contributed by atoms with Gasteiger partial charge in [-0.3, -0.25) is 9.48 Å². The fourth-order valence-electron chi connectivity index (χ4n) is 3.55. The number of carbonyl (C=O) groups is 1. The number of aliphatic hydroxyl groups excluding tert-OH is 1. The summed E-state index contributed by atoms with van der Waals surface area (Å²) >= 11 is 0. The quantitative estimate of drug-likeness (QED) is 0.332. The second-order valence-electron chi connectivity index (χ2n) is 7.84. The fraction of sp³-hybridized carbons (Fsp3) is 0.520. The van der Waals surface area contributed by atoms with Crippen LogP contribution in [0.25, 0.3) is 17.2 Å². The molecule has 0 amide bonds. The molecule has 0 aliphatic heterocycles. The summed E-state index contributed by atoms with van der Waals surface area (Å²) in [6, 6.07) is 6.13. The van der Waals surface area contributed by atoms with Gasteiger partial charge in [0.25, 0.3) is 0 Å². The first-order valence-electron chi connectivity index (χ1n) is 11.1. The molecule has 2 aromatic rings. The second-order valence-corrected chi connectivity index (χ2v) is 7.84. The molecule has 1 aromatic heterocycles. The average Bonchev–Trinajstić information content (AvgIpc) is 3.19. The highest BCUT2D eigenvalue weighted by molar-refractivity contribution is 5.69. The lowest BCUT2D eigenvalue weighted by molar-refractivity contribution is -0.140. The zero-order chi connectivity index (χ0) is 21.8. The normalized spacial score (nSPS) is 12.4. The van der Waals surface area contributed by atoms with Gasteiger partial charge in [-0.1, -0.05) is 56.9 Å². The molecule has 1 heterocycles. The number of benzene rings is 1. The van der Waals surface area contributed by atoms with Crippen LogP contribution in [0.15, 0.2) is 36.7 Å². The van der Waals surface area contributed by atoms with E-state index in [2.05, 4.69) is 35.0 Å². The van der Waals surface area contributed by atoms with Crippen LogP contribution >= 0.6 is 0 Å². The standard InChI is InChI=1S/C25H36N2O3/c1-4-5-6-7-8-9-10-12-21-17-20(22-18-26-27(2)19-22)15-16-23(21)24(28)13-11-14-25(29)30-3/h10,12,15-19,24,28H,4-9,11,13-14H2,1-3H3/b12-10+. The minimum atomic E-state index is -0.609. The van der Waals surface area contributed by atoms with Crippen LogP contribution in [-0.4, -0.2) is 28.0 Å². The van der Waals surface area contributed by atoms with Crippen molar-refractivity contribution in [1.29, 1.82) is 0 Å². The highest BCUT2D eigenvalue weighted by atomic mass is 16.5. The summed E-state index contributed by atoms with van der Waals surface area (Å²) < 4.78 is 6.48. The van der Waals surface area contributed by atoms with Gasteiger partial charge in [-0.15, -0.1) is 0 Å². The summed E-state index contributed by atoms with van der Waals surface area (Å²) in [4.78, 5) is 11.3. The fourth-order valence-corrected chi connectivity index (χ4v) is 3.55. The van der Waals surface area contributed by atoms with Crippen molar-refractivity contribution in [3.05, 3.63) is 47.8 Å². The Bertz CT molecular complexity index is 810. The molecule has 0 aliphatic carbocycles. The number of methoxy groups -OCH3 is 1. The predicted molar refractivity (Wildman–Crippen MR) is 122 cm³/mol. The van der Waals surface area contributed by atoms with Gasteiger partial charge in [0.15, 0.2) is 0 Å². The Morgan fingerprint density at radius 3 is 2.70 bits per heavy atom. The van der Waals surface area contributed by atoms with E-state index < -0.39 is 6.10 Å². The topological polar surface area (TPSA) is 64.3 Å². The first kappa shape index (κ1) is 23.9. The molecule has 1 atom stereocenters. The number of carbonyl (C=O) groups excluding carboxylic acids is 1. The number of hydrogen-bond acceptors (Lipinski definition) is 4. The molecule has 5 nitrogen and oxygen atoms in total. The SMILES string of the molecule is CCCCCCC/C=C/c1cc(-c2cnn(C)c2)ccc1C(O)CCCC(=O)OC. The van der Waals surface area contributed by atoms with Crippen molar-refractivity contribution in [2.24, 2.45) is 7.05 Å².